The maximum absolute atomic E-state index is 11.4. The van der Waals surface area contributed by atoms with Crippen molar-refractivity contribution >= 4 is 5.97 Å². The van der Waals surface area contributed by atoms with E-state index in [1.807, 2.05) is 13.8 Å². The predicted octanol–water partition coefficient (Wildman–Crippen LogP) is 0.692. The smallest absolute Gasteiger partial charge is 0.307 e. The Morgan fingerprint density at radius 1 is 1.64 bits per heavy atom. The van der Waals surface area contributed by atoms with Gasteiger partial charge < -0.3 is 15.2 Å². The minimum atomic E-state index is -0.207. The summed E-state index contributed by atoms with van der Waals surface area (Å²) >= 11 is 0. The first kappa shape index (κ1) is 11.5. The number of carbonyl (C=O) groups is 1. The Bertz CT molecular complexity index is 182. The summed E-state index contributed by atoms with van der Waals surface area (Å²) in [6.07, 6.45) is 1.05. The lowest BCUT2D eigenvalue weighted by Gasteiger charge is -2.16. The third kappa shape index (κ3) is 3.64. The van der Waals surface area contributed by atoms with Gasteiger partial charge in [-0.05, 0) is 5.92 Å². The van der Waals surface area contributed by atoms with Crippen LogP contribution in [-0.2, 0) is 14.3 Å². The molecule has 0 aliphatic carbocycles. The fourth-order valence-electron chi connectivity index (χ4n) is 1.27. The Morgan fingerprint density at radius 2 is 2.36 bits per heavy atom. The van der Waals surface area contributed by atoms with E-state index in [9.17, 15) is 4.79 Å². The minimum absolute atomic E-state index is 0.0538. The normalized spacial score (nSPS) is 23.9. The second-order valence-corrected chi connectivity index (χ2v) is 4.09. The summed E-state index contributed by atoms with van der Waals surface area (Å²) < 4.78 is 10.3. The first-order chi connectivity index (χ1) is 6.59. The monoisotopic (exact) mass is 201 g/mol. The standard InChI is InChI=1S/C10H19NO3/c1-7(2)9(11)5-10(12)14-8-3-4-13-6-8/h7-9H,3-6,11H2,1-2H3. The zero-order chi connectivity index (χ0) is 10.6. The Labute approximate surface area is 84.7 Å². The van der Waals surface area contributed by atoms with Gasteiger partial charge in [-0.15, -0.1) is 0 Å². The van der Waals surface area contributed by atoms with Gasteiger partial charge in [-0.2, -0.15) is 0 Å². The minimum Gasteiger partial charge on any atom is -0.460 e. The van der Waals surface area contributed by atoms with Crippen molar-refractivity contribution in [2.45, 2.75) is 38.8 Å². The van der Waals surface area contributed by atoms with Crippen LogP contribution in [0.2, 0.25) is 0 Å². The number of carbonyl (C=O) groups excluding carboxylic acids is 1. The van der Waals surface area contributed by atoms with Gasteiger partial charge in [0, 0.05) is 12.5 Å². The number of ether oxygens (including phenoxy) is 2. The average Bonchev–Trinajstić information content (AvgIpc) is 2.56. The fourth-order valence-corrected chi connectivity index (χ4v) is 1.27. The van der Waals surface area contributed by atoms with Crippen LogP contribution in [0.4, 0.5) is 0 Å². The van der Waals surface area contributed by atoms with Gasteiger partial charge in [0.15, 0.2) is 0 Å². The van der Waals surface area contributed by atoms with E-state index >= 15 is 0 Å². The van der Waals surface area contributed by atoms with Crippen LogP contribution in [0.15, 0.2) is 0 Å². The molecular formula is C10H19NO3. The molecule has 1 aliphatic rings. The van der Waals surface area contributed by atoms with Gasteiger partial charge in [-0.3, -0.25) is 4.79 Å². The molecule has 0 bridgehead atoms. The summed E-state index contributed by atoms with van der Waals surface area (Å²) in [7, 11) is 0. The molecule has 1 rings (SSSR count). The van der Waals surface area contributed by atoms with Crippen LogP contribution in [0, 0.1) is 5.92 Å². The van der Waals surface area contributed by atoms with Crippen molar-refractivity contribution in [2.24, 2.45) is 11.7 Å². The van der Waals surface area contributed by atoms with Gasteiger partial charge in [0.25, 0.3) is 0 Å². The van der Waals surface area contributed by atoms with Gasteiger partial charge in [0.2, 0.25) is 0 Å². The summed E-state index contributed by atoms with van der Waals surface area (Å²) in [4.78, 5) is 11.4. The first-order valence-corrected chi connectivity index (χ1v) is 5.12. The third-order valence-corrected chi connectivity index (χ3v) is 2.44. The van der Waals surface area contributed by atoms with Gasteiger partial charge in [-0.1, -0.05) is 13.8 Å². The highest BCUT2D eigenvalue weighted by Crippen LogP contribution is 2.11. The molecule has 0 saturated carbocycles. The largest absolute Gasteiger partial charge is 0.460 e. The maximum atomic E-state index is 11.4. The van der Waals surface area contributed by atoms with Crippen molar-refractivity contribution in [1.82, 2.24) is 0 Å². The third-order valence-electron chi connectivity index (χ3n) is 2.44. The molecule has 4 nitrogen and oxygen atoms in total. The first-order valence-electron chi connectivity index (χ1n) is 5.12. The van der Waals surface area contributed by atoms with Gasteiger partial charge in [-0.25, -0.2) is 0 Å². The maximum Gasteiger partial charge on any atom is 0.307 e. The van der Waals surface area contributed by atoms with E-state index in [0.717, 1.165) is 6.42 Å². The van der Waals surface area contributed by atoms with Crippen LogP contribution in [0.25, 0.3) is 0 Å². The van der Waals surface area contributed by atoms with E-state index in [0.29, 0.717) is 25.6 Å². The summed E-state index contributed by atoms with van der Waals surface area (Å²) in [5.74, 6) is 0.101. The lowest BCUT2D eigenvalue weighted by atomic mass is 10.0. The van der Waals surface area contributed by atoms with E-state index in [2.05, 4.69) is 0 Å². The average molecular weight is 201 g/mol. The number of esters is 1. The quantitative estimate of drug-likeness (QED) is 0.680. The molecular weight excluding hydrogens is 182 g/mol. The van der Waals surface area contributed by atoms with Crippen molar-refractivity contribution < 1.29 is 14.3 Å². The summed E-state index contributed by atoms with van der Waals surface area (Å²) in [5.41, 5.74) is 5.76. The number of nitrogens with two attached hydrogens (primary N) is 1. The molecule has 0 aromatic rings. The van der Waals surface area contributed by atoms with Crippen LogP contribution < -0.4 is 5.73 Å². The zero-order valence-electron chi connectivity index (χ0n) is 8.86. The van der Waals surface area contributed by atoms with Gasteiger partial charge in [0.1, 0.15) is 6.10 Å². The molecule has 0 radical (unpaired) electrons. The number of hydrogen-bond acceptors (Lipinski definition) is 4. The summed E-state index contributed by atoms with van der Waals surface area (Å²) in [6.45, 7) is 5.21. The molecule has 0 aromatic heterocycles. The Kier molecular flexibility index (Phi) is 4.35. The van der Waals surface area contributed by atoms with Crippen molar-refractivity contribution in [3.63, 3.8) is 0 Å². The SMILES string of the molecule is CC(C)C(N)CC(=O)OC1CCOC1. The van der Waals surface area contributed by atoms with Gasteiger partial charge in [0.05, 0.1) is 19.6 Å². The molecule has 82 valence electrons. The van der Waals surface area contributed by atoms with Crippen LogP contribution in [-0.4, -0.2) is 31.3 Å². The molecule has 2 N–H and O–H groups in total. The summed E-state index contributed by atoms with van der Waals surface area (Å²) in [5, 5.41) is 0. The summed E-state index contributed by atoms with van der Waals surface area (Å²) in [6, 6.07) is -0.107. The lowest BCUT2D eigenvalue weighted by Crippen LogP contribution is -2.31. The highest BCUT2D eigenvalue weighted by atomic mass is 16.6. The second-order valence-electron chi connectivity index (χ2n) is 4.09. The molecule has 1 fully saturated rings. The van der Waals surface area contributed by atoms with E-state index < -0.39 is 0 Å². The van der Waals surface area contributed by atoms with E-state index in [1.54, 1.807) is 0 Å². The van der Waals surface area contributed by atoms with Crippen molar-refractivity contribution in [1.29, 1.82) is 0 Å². The van der Waals surface area contributed by atoms with Crippen molar-refractivity contribution in [3.8, 4) is 0 Å². The molecule has 2 unspecified atom stereocenters. The molecule has 0 spiro atoms. The number of rotatable bonds is 4. The molecule has 4 heteroatoms. The lowest BCUT2D eigenvalue weighted by molar-refractivity contribution is -0.149. The van der Waals surface area contributed by atoms with E-state index in [1.165, 1.54) is 0 Å². The Hall–Kier alpha value is -0.610. The molecule has 14 heavy (non-hydrogen) atoms. The van der Waals surface area contributed by atoms with Crippen LogP contribution in [0.5, 0.6) is 0 Å². The fraction of sp³-hybridized carbons (Fsp3) is 0.900. The zero-order valence-corrected chi connectivity index (χ0v) is 8.86. The Balaban J connectivity index is 2.21. The van der Waals surface area contributed by atoms with Crippen LogP contribution >= 0.6 is 0 Å². The highest BCUT2D eigenvalue weighted by molar-refractivity contribution is 5.70. The molecule has 1 heterocycles. The molecule has 0 aromatic carbocycles. The molecule has 1 saturated heterocycles. The van der Waals surface area contributed by atoms with Crippen LogP contribution in [0.3, 0.4) is 0 Å². The second kappa shape index (κ2) is 5.32. The van der Waals surface area contributed by atoms with Crippen molar-refractivity contribution in [3.05, 3.63) is 0 Å². The van der Waals surface area contributed by atoms with Gasteiger partial charge >= 0.3 is 5.97 Å². The molecule has 1 aliphatic heterocycles. The molecule has 0 amide bonds. The van der Waals surface area contributed by atoms with E-state index in [-0.39, 0.29) is 18.1 Å². The highest BCUT2D eigenvalue weighted by Gasteiger charge is 2.21. The Morgan fingerprint density at radius 3 is 2.86 bits per heavy atom. The topological polar surface area (TPSA) is 61.6 Å². The van der Waals surface area contributed by atoms with E-state index in [4.69, 9.17) is 15.2 Å². The predicted molar refractivity (Wildman–Crippen MR) is 52.7 cm³/mol. The number of hydrogen-bond donors (Lipinski definition) is 1. The van der Waals surface area contributed by atoms with Crippen molar-refractivity contribution in [2.75, 3.05) is 13.2 Å². The molecule has 2 atom stereocenters. The van der Waals surface area contributed by atoms with Crippen LogP contribution in [0.1, 0.15) is 26.7 Å².